The molecule has 1 amide bonds. The predicted octanol–water partition coefficient (Wildman–Crippen LogP) is 1.85. The van der Waals surface area contributed by atoms with E-state index in [0.717, 1.165) is 0 Å². The number of fused-ring (bicyclic) bond motifs is 1. The number of amides is 1. The summed E-state index contributed by atoms with van der Waals surface area (Å²) < 4.78 is 10.7. The van der Waals surface area contributed by atoms with E-state index in [4.69, 9.17) is 9.47 Å². The van der Waals surface area contributed by atoms with E-state index >= 15 is 0 Å². The molecule has 1 atom stereocenters. The summed E-state index contributed by atoms with van der Waals surface area (Å²) in [6, 6.07) is 5.72. The molecule has 1 fully saturated rings. The van der Waals surface area contributed by atoms with E-state index in [0.29, 0.717) is 17.7 Å². The van der Waals surface area contributed by atoms with E-state index < -0.39 is 10.9 Å². The zero-order valence-electron chi connectivity index (χ0n) is 12.4. The molecule has 2 heterocycles. The van der Waals surface area contributed by atoms with Crippen molar-refractivity contribution in [2.75, 3.05) is 0 Å². The molecule has 3 rings (SSSR count). The van der Waals surface area contributed by atoms with E-state index in [9.17, 15) is 19.7 Å². The second-order valence-corrected chi connectivity index (χ2v) is 5.17. The fourth-order valence-electron chi connectivity index (χ4n) is 2.50. The van der Waals surface area contributed by atoms with Crippen molar-refractivity contribution in [1.29, 1.82) is 0 Å². The Morgan fingerprint density at radius 3 is 2.70 bits per heavy atom. The van der Waals surface area contributed by atoms with Crippen LogP contribution in [0.1, 0.15) is 25.3 Å². The Morgan fingerprint density at radius 1 is 1.43 bits per heavy atom. The summed E-state index contributed by atoms with van der Waals surface area (Å²) in [6.45, 7) is 1.79. The van der Waals surface area contributed by atoms with Gasteiger partial charge in [-0.2, -0.15) is 0 Å². The minimum Gasteiger partial charge on any atom is -0.471 e. The molecule has 8 nitrogen and oxygen atoms in total. The number of non-ortho nitro benzene ring substituents is 1. The topological polar surface area (TPSA) is 99.0 Å². The Morgan fingerprint density at radius 2 is 2.13 bits per heavy atom. The van der Waals surface area contributed by atoms with Crippen molar-refractivity contribution in [3.8, 4) is 0 Å². The first kappa shape index (κ1) is 15.0. The van der Waals surface area contributed by atoms with Crippen LogP contribution >= 0.6 is 0 Å². The highest BCUT2D eigenvalue weighted by Crippen LogP contribution is 2.37. The molecule has 1 aromatic carbocycles. The van der Waals surface area contributed by atoms with Crippen LogP contribution in [0.2, 0.25) is 0 Å². The van der Waals surface area contributed by atoms with Gasteiger partial charge in [0, 0.05) is 18.6 Å². The van der Waals surface area contributed by atoms with Gasteiger partial charge in [-0.1, -0.05) is 6.92 Å². The third kappa shape index (κ3) is 2.63. The average Bonchev–Trinajstić information content (AvgIpc) is 2.85. The molecule has 120 valence electrons. The van der Waals surface area contributed by atoms with Crippen LogP contribution in [0, 0.1) is 10.1 Å². The number of nitro benzene ring substituents is 1. The zero-order valence-corrected chi connectivity index (χ0v) is 12.4. The lowest BCUT2D eigenvalue weighted by Crippen LogP contribution is -2.50. The van der Waals surface area contributed by atoms with Crippen molar-refractivity contribution in [1.82, 2.24) is 4.90 Å². The fraction of sp³-hybridized carbons (Fsp3) is 0.333. The highest BCUT2D eigenvalue weighted by atomic mass is 16.6. The van der Waals surface area contributed by atoms with Crippen LogP contribution in [0.15, 0.2) is 35.7 Å². The number of carbonyl (C=O) groups is 2. The largest absolute Gasteiger partial charge is 0.471 e. The van der Waals surface area contributed by atoms with Crippen LogP contribution in [0.4, 0.5) is 5.69 Å². The van der Waals surface area contributed by atoms with Gasteiger partial charge in [0.1, 0.15) is 12.4 Å². The summed E-state index contributed by atoms with van der Waals surface area (Å²) in [5.41, 5.74) is 0.748. The van der Waals surface area contributed by atoms with Gasteiger partial charge in [0.15, 0.2) is 11.9 Å². The van der Waals surface area contributed by atoms with Gasteiger partial charge < -0.3 is 9.47 Å². The highest BCUT2D eigenvalue weighted by Gasteiger charge is 2.49. The van der Waals surface area contributed by atoms with Crippen LogP contribution in [-0.2, 0) is 25.7 Å². The van der Waals surface area contributed by atoms with Crippen molar-refractivity contribution in [3.63, 3.8) is 0 Å². The molecule has 0 unspecified atom stereocenters. The smallest absolute Gasteiger partial charge is 0.359 e. The quantitative estimate of drug-likeness (QED) is 0.355. The standard InChI is InChI=1S/C15H14N2O6/c1-2-11-14(16-12(18)7-13(16)23-11)15(19)22-8-9-3-5-10(6-4-9)17(20)21/h3-6,13H,2,7-8H2,1H3/t13-/m1/s1. The maximum Gasteiger partial charge on any atom is 0.359 e. The minimum atomic E-state index is -0.629. The number of nitrogens with zero attached hydrogens (tertiary/aromatic N) is 2. The second kappa shape index (κ2) is 5.71. The monoisotopic (exact) mass is 318 g/mol. The summed E-state index contributed by atoms with van der Waals surface area (Å²) in [6.07, 6.45) is 0.365. The number of hydrogen-bond acceptors (Lipinski definition) is 6. The molecule has 1 saturated heterocycles. The minimum absolute atomic E-state index is 0.0331. The molecular formula is C15H14N2O6. The number of benzene rings is 1. The van der Waals surface area contributed by atoms with Crippen molar-refractivity contribution in [2.45, 2.75) is 32.6 Å². The lowest BCUT2D eigenvalue weighted by molar-refractivity contribution is -0.384. The number of allylic oxidation sites excluding steroid dienone is 1. The zero-order chi connectivity index (χ0) is 16.6. The first-order valence-electron chi connectivity index (χ1n) is 7.13. The lowest BCUT2D eigenvalue weighted by Gasteiger charge is -2.33. The van der Waals surface area contributed by atoms with Crippen molar-refractivity contribution in [3.05, 3.63) is 51.4 Å². The van der Waals surface area contributed by atoms with E-state index in [-0.39, 0.29) is 36.5 Å². The Bertz CT molecular complexity index is 709. The Hall–Kier alpha value is -2.90. The SMILES string of the molecule is CCC1=C(C(=O)OCc2ccc([N+](=O)[O-])cc2)N2C(=O)C[C@H]2O1. The normalized spacial score (nSPS) is 19.1. The molecule has 0 saturated carbocycles. The number of carbonyl (C=O) groups excluding carboxylic acids is 2. The van der Waals surface area contributed by atoms with Gasteiger partial charge in [-0.15, -0.1) is 0 Å². The molecule has 23 heavy (non-hydrogen) atoms. The summed E-state index contributed by atoms with van der Waals surface area (Å²) in [7, 11) is 0. The molecular weight excluding hydrogens is 304 g/mol. The number of β-lactam (4-membered cyclic amide) rings is 1. The number of nitro groups is 1. The maximum absolute atomic E-state index is 12.2. The predicted molar refractivity (Wildman–Crippen MR) is 76.5 cm³/mol. The van der Waals surface area contributed by atoms with Gasteiger partial charge in [-0.25, -0.2) is 4.79 Å². The Labute approximate surface area is 131 Å². The molecule has 2 aliphatic heterocycles. The molecule has 0 aromatic heterocycles. The molecule has 0 aliphatic carbocycles. The number of hydrogen-bond donors (Lipinski definition) is 0. The first-order chi connectivity index (χ1) is 11.0. The van der Waals surface area contributed by atoms with Crippen molar-refractivity contribution < 1.29 is 24.0 Å². The molecule has 0 radical (unpaired) electrons. The molecule has 8 heteroatoms. The van der Waals surface area contributed by atoms with Crippen LogP contribution in [0.3, 0.4) is 0 Å². The van der Waals surface area contributed by atoms with Gasteiger partial charge in [0.05, 0.1) is 11.3 Å². The Balaban J connectivity index is 1.67. The summed E-state index contributed by atoms with van der Waals surface area (Å²) in [5.74, 6) is -0.342. The van der Waals surface area contributed by atoms with Crippen LogP contribution < -0.4 is 0 Å². The van der Waals surface area contributed by atoms with E-state index in [1.54, 1.807) is 0 Å². The third-order valence-electron chi connectivity index (χ3n) is 3.72. The van der Waals surface area contributed by atoms with Gasteiger partial charge in [0.25, 0.3) is 5.69 Å². The van der Waals surface area contributed by atoms with Crippen molar-refractivity contribution in [2.24, 2.45) is 0 Å². The van der Waals surface area contributed by atoms with E-state index in [1.807, 2.05) is 6.92 Å². The fourth-order valence-corrected chi connectivity index (χ4v) is 2.50. The van der Waals surface area contributed by atoms with Gasteiger partial charge in [-0.05, 0) is 17.7 Å². The summed E-state index contributed by atoms with van der Waals surface area (Å²) in [4.78, 5) is 35.2. The Kier molecular flexibility index (Phi) is 3.73. The van der Waals surface area contributed by atoms with Crippen LogP contribution in [-0.4, -0.2) is 27.9 Å². The maximum atomic E-state index is 12.2. The third-order valence-corrected chi connectivity index (χ3v) is 3.72. The first-order valence-corrected chi connectivity index (χ1v) is 7.13. The van der Waals surface area contributed by atoms with Gasteiger partial charge >= 0.3 is 5.97 Å². The van der Waals surface area contributed by atoms with E-state index in [2.05, 4.69) is 0 Å². The number of esters is 1. The molecule has 1 aromatic rings. The van der Waals surface area contributed by atoms with Gasteiger partial charge in [0.2, 0.25) is 5.91 Å². The van der Waals surface area contributed by atoms with Crippen LogP contribution in [0.5, 0.6) is 0 Å². The molecule has 2 aliphatic rings. The summed E-state index contributed by atoms with van der Waals surface area (Å²) in [5, 5.41) is 10.6. The number of rotatable bonds is 5. The van der Waals surface area contributed by atoms with Crippen molar-refractivity contribution >= 4 is 17.6 Å². The second-order valence-electron chi connectivity index (χ2n) is 5.17. The van der Waals surface area contributed by atoms with Crippen LogP contribution in [0.25, 0.3) is 0 Å². The lowest BCUT2D eigenvalue weighted by atomic mass is 10.1. The molecule has 0 spiro atoms. The van der Waals surface area contributed by atoms with E-state index in [1.165, 1.54) is 29.2 Å². The van der Waals surface area contributed by atoms with Gasteiger partial charge in [-0.3, -0.25) is 19.8 Å². The molecule has 0 bridgehead atoms. The highest BCUT2D eigenvalue weighted by molar-refractivity contribution is 5.98. The average molecular weight is 318 g/mol. The molecule has 0 N–H and O–H groups in total. The summed E-state index contributed by atoms with van der Waals surface area (Å²) >= 11 is 0. The number of ether oxygens (including phenoxy) is 2.